The lowest BCUT2D eigenvalue weighted by Crippen LogP contribution is -2.50. The van der Waals surface area contributed by atoms with Crippen LogP contribution < -0.4 is 5.32 Å². The summed E-state index contributed by atoms with van der Waals surface area (Å²) >= 11 is 7.38. The fourth-order valence-electron chi connectivity index (χ4n) is 4.74. The molecule has 4 heterocycles. The molecule has 4 aromatic rings. The van der Waals surface area contributed by atoms with Crippen LogP contribution >= 0.6 is 22.9 Å². The summed E-state index contributed by atoms with van der Waals surface area (Å²) in [6.45, 7) is 3.34. The van der Waals surface area contributed by atoms with Gasteiger partial charge in [-0.15, -0.1) is 17.8 Å². The predicted octanol–water partition coefficient (Wildman–Crippen LogP) is 2.62. The molecule has 1 aromatic carbocycles. The highest BCUT2D eigenvalue weighted by molar-refractivity contribution is 7.07. The monoisotopic (exact) mass is 598 g/mol. The number of anilines is 1. The highest BCUT2D eigenvalue weighted by Gasteiger charge is 2.57. The van der Waals surface area contributed by atoms with Gasteiger partial charge in [0.1, 0.15) is 12.2 Å². The summed E-state index contributed by atoms with van der Waals surface area (Å²) < 4.78 is 13.5. The van der Waals surface area contributed by atoms with Crippen molar-refractivity contribution in [3.8, 4) is 12.3 Å². The van der Waals surface area contributed by atoms with Crippen LogP contribution in [0, 0.1) is 12.3 Å². The Bertz CT molecular complexity index is 1580. The third kappa shape index (κ3) is 5.26. The molecule has 0 radical (unpaired) electrons. The van der Waals surface area contributed by atoms with E-state index < -0.39 is 42.2 Å². The number of terminal acetylenes is 1. The minimum atomic E-state index is -2.25. The molecule has 41 heavy (non-hydrogen) atoms. The van der Waals surface area contributed by atoms with E-state index in [0.717, 1.165) is 0 Å². The van der Waals surface area contributed by atoms with Crippen molar-refractivity contribution in [2.24, 2.45) is 0 Å². The molecule has 3 aromatic heterocycles. The van der Waals surface area contributed by atoms with E-state index in [4.69, 9.17) is 27.5 Å². The lowest BCUT2D eigenvalue weighted by atomic mass is 9.90. The van der Waals surface area contributed by atoms with Gasteiger partial charge in [0.25, 0.3) is 0 Å². The van der Waals surface area contributed by atoms with Crippen molar-refractivity contribution < 1.29 is 29.6 Å². The van der Waals surface area contributed by atoms with Crippen molar-refractivity contribution in [3.63, 3.8) is 0 Å². The van der Waals surface area contributed by atoms with Crippen LogP contribution in [0.2, 0.25) is 5.28 Å². The number of halogens is 1. The van der Waals surface area contributed by atoms with Crippen LogP contribution in [-0.2, 0) is 26.3 Å². The number of carboxylic acid groups (broad SMARTS) is 1. The summed E-state index contributed by atoms with van der Waals surface area (Å²) in [5, 5.41) is 37.7. The summed E-state index contributed by atoms with van der Waals surface area (Å²) in [6.07, 6.45) is 2.72. The Hall–Kier alpha value is -3.64. The van der Waals surface area contributed by atoms with Crippen LogP contribution in [-0.4, -0.2) is 76.2 Å². The normalized spacial score (nSPS) is 23.9. The van der Waals surface area contributed by atoms with Crippen molar-refractivity contribution in [1.82, 2.24) is 24.5 Å². The number of aliphatic carboxylic acids is 1. The van der Waals surface area contributed by atoms with E-state index in [1.807, 2.05) is 19.9 Å². The first-order valence-corrected chi connectivity index (χ1v) is 13.9. The third-order valence-corrected chi connectivity index (χ3v) is 7.56. The lowest BCUT2D eigenvalue weighted by molar-refractivity contribution is -0.179. The van der Waals surface area contributed by atoms with Gasteiger partial charge < -0.3 is 30.1 Å². The largest absolute Gasteiger partial charge is 0.479 e. The Morgan fingerprint density at radius 3 is 2.73 bits per heavy atom. The number of benzene rings is 1. The zero-order chi connectivity index (χ0) is 29.4. The number of carboxylic acids is 1. The number of aromatic nitrogens is 5. The predicted molar refractivity (Wildman–Crippen MR) is 150 cm³/mol. The van der Waals surface area contributed by atoms with Gasteiger partial charge in [-0.05, 0) is 31.0 Å². The van der Waals surface area contributed by atoms with Gasteiger partial charge in [0.2, 0.25) is 10.9 Å². The smallest absolute Gasteiger partial charge is 0.342 e. The van der Waals surface area contributed by atoms with Crippen LogP contribution in [0.15, 0.2) is 47.5 Å². The zero-order valence-corrected chi connectivity index (χ0v) is 23.6. The molecule has 214 valence electrons. The molecule has 14 heteroatoms. The van der Waals surface area contributed by atoms with Gasteiger partial charge in [-0.2, -0.15) is 9.97 Å². The highest BCUT2D eigenvalue weighted by Crippen LogP contribution is 2.40. The Kier molecular flexibility index (Phi) is 7.97. The van der Waals surface area contributed by atoms with Crippen LogP contribution in [0.1, 0.15) is 31.3 Å². The molecule has 0 spiro atoms. The molecule has 4 N–H and O–H groups in total. The van der Waals surface area contributed by atoms with Crippen LogP contribution in [0.4, 0.5) is 5.82 Å². The molecule has 1 aliphatic rings. The first-order valence-electron chi connectivity index (χ1n) is 12.6. The Labute approximate surface area is 244 Å². The van der Waals surface area contributed by atoms with Crippen molar-refractivity contribution in [2.45, 2.75) is 55.9 Å². The second-order valence-corrected chi connectivity index (χ2v) is 10.9. The molecule has 0 aliphatic carbocycles. The number of nitrogens with zero attached hydrogens (tertiary/aromatic N) is 5. The van der Waals surface area contributed by atoms with Gasteiger partial charge in [0, 0.05) is 17.8 Å². The van der Waals surface area contributed by atoms with E-state index in [1.165, 1.54) is 27.7 Å². The minimum Gasteiger partial charge on any atom is -0.479 e. The van der Waals surface area contributed by atoms with E-state index in [9.17, 15) is 20.1 Å². The van der Waals surface area contributed by atoms with E-state index >= 15 is 0 Å². The minimum absolute atomic E-state index is 0.0128. The van der Waals surface area contributed by atoms with E-state index in [1.54, 1.807) is 29.6 Å². The van der Waals surface area contributed by atoms with E-state index in [0.29, 0.717) is 16.9 Å². The number of fused-ring (bicyclic) bond motifs is 1. The quantitative estimate of drug-likeness (QED) is 0.157. The van der Waals surface area contributed by atoms with E-state index in [2.05, 4.69) is 31.2 Å². The number of ether oxygens (including phenoxy) is 2. The van der Waals surface area contributed by atoms with Crippen LogP contribution in [0.3, 0.4) is 0 Å². The summed E-state index contributed by atoms with van der Waals surface area (Å²) in [4.78, 5) is 29.8. The highest BCUT2D eigenvalue weighted by atomic mass is 35.5. The van der Waals surface area contributed by atoms with Gasteiger partial charge >= 0.3 is 5.97 Å². The molecule has 1 aliphatic heterocycles. The summed E-state index contributed by atoms with van der Waals surface area (Å²) in [5.41, 5.74) is -1.23. The molecular weight excluding hydrogens is 572 g/mol. The van der Waals surface area contributed by atoms with Crippen LogP contribution in [0.25, 0.3) is 11.2 Å². The molecule has 5 atom stereocenters. The standard InChI is InChI=1S/C27H27ClN6O6S/c1-4-26(38)18(11-39-27(24(36)37,17-12-41-14-30-17)10-16-8-6-5-7-9-16)40-23(20(26)35)34-13-29-19-21(31-15(2)3)32-25(28)33-22(19)34/h1,5-9,12-15,18,20,23,35,38H,10-11H2,2-3H3,(H,36,37)(H,31,32,33)/t18-,20+,23?,26-,27+/m1/s1. The van der Waals surface area contributed by atoms with Gasteiger partial charge in [-0.1, -0.05) is 36.3 Å². The molecule has 1 saturated heterocycles. The second-order valence-electron chi connectivity index (χ2n) is 9.87. The topological polar surface area (TPSA) is 165 Å². The number of imidazole rings is 1. The molecule has 0 bridgehead atoms. The maximum absolute atomic E-state index is 12.8. The van der Waals surface area contributed by atoms with Crippen molar-refractivity contribution in [1.29, 1.82) is 0 Å². The van der Waals surface area contributed by atoms with Gasteiger partial charge in [-0.25, -0.2) is 14.8 Å². The van der Waals surface area contributed by atoms with Gasteiger partial charge in [0.15, 0.2) is 28.8 Å². The number of thiazole rings is 1. The molecule has 1 unspecified atom stereocenters. The fourth-order valence-corrected chi connectivity index (χ4v) is 5.52. The number of rotatable bonds is 10. The van der Waals surface area contributed by atoms with Crippen molar-refractivity contribution in [3.05, 3.63) is 64.1 Å². The molecule has 12 nitrogen and oxygen atoms in total. The maximum atomic E-state index is 12.8. The summed E-state index contributed by atoms with van der Waals surface area (Å²) in [5.74, 6) is 1.30. The SMILES string of the molecule is C#C[C@@]1(O)[C@@H](CO[C@](Cc2ccccc2)(C(=O)O)c2cscn2)OC(n2cnc3c(NC(C)C)nc(Cl)nc32)[C@@H]1O. The molecule has 0 amide bonds. The summed E-state index contributed by atoms with van der Waals surface area (Å²) in [6, 6.07) is 8.95. The lowest BCUT2D eigenvalue weighted by Gasteiger charge is -2.32. The van der Waals surface area contributed by atoms with Gasteiger partial charge in [-0.3, -0.25) is 4.57 Å². The number of aliphatic hydroxyl groups excluding tert-OH is 1. The van der Waals surface area contributed by atoms with Crippen molar-refractivity contribution in [2.75, 3.05) is 11.9 Å². The van der Waals surface area contributed by atoms with Crippen molar-refractivity contribution >= 4 is 45.9 Å². The average molecular weight is 599 g/mol. The van der Waals surface area contributed by atoms with E-state index in [-0.39, 0.29) is 29.1 Å². The third-order valence-electron chi connectivity index (χ3n) is 6.81. The summed E-state index contributed by atoms with van der Waals surface area (Å²) in [7, 11) is 0. The zero-order valence-electron chi connectivity index (χ0n) is 22.0. The Morgan fingerprint density at radius 1 is 1.34 bits per heavy atom. The average Bonchev–Trinajstić information content (AvgIpc) is 3.67. The Balaban J connectivity index is 1.48. The number of aliphatic hydroxyl groups is 2. The fraction of sp³-hybridized carbons (Fsp3) is 0.370. The molecular formula is C27H27ClN6O6S. The second kappa shape index (κ2) is 11.3. The number of hydrogen-bond donors (Lipinski definition) is 4. The maximum Gasteiger partial charge on any atom is 0.342 e. The molecule has 5 rings (SSSR count). The first-order chi connectivity index (χ1) is 19.6. The molecule has 0 saturated carbocycles. The number of nitrogens with one attached hydrogen (secondary N) is 1. The van der Waals surface area contributed by atoms with Crippen LogP contribution in [0.5, 0.6) is 0 Å². The molecule has 1 fully saturated rings. The first kappa shape index (κ1) is 28.9. The number of hydrogen-bond acceptors (Lipinski definition) is 11. The number of carbonyl (C=O) groups is 1. The van der Waals surface area contributed by atoms with Gasteiger partial charge in [0.05, 0.1) is 24.1 Å². The Morgan fingerprint density at radius 2 is 2.10 bits per heavy atom.